The van der Waals surface area contributed by atoms with Crippen LogP contribution in [-0.2, 0) is 11.4 Å². The fourth-order valence-corrected chi connectivity index (χ4v) is 0. The van der Waals surface area contributed by atoms with Crippen LogP contribution in [0.4, 0.5) is 0 Å². The lowest BCUT2D eigenvalue weighted by Crippen LogP contribution is -1.74. The maximum atomic E-state index is 8.67. The first-order valence-corrected chi connectivity index (χ1v) is 2.71. The van der Waals surface area contributed by atoms with Gasteiger partial charge in [0.15, 0.2) is 0 Å². The van der Waals surface area contributed by atoms with Gasteiger partial charge in [-0.05, 0) is 18.9 Å². The Kier molecular flexibility index (Phi) is 12.8. The Morgan fingerprint density at radius 1 is 1.75 bits per heavy atom. The minimum absolute atomic E-state index is 1.54. The molecule has 0 saturated heterocycles. The summed E-state index contributed by atoms with van der Waals surface area (Å²) >= 11 is -2.61. The van der Waals surface area contributed by atoms with Crippen LogP contribution in [0.5, 0.6) is 0 Å². The highest BCUT2D eigenvalue weighted by molar-refractivity contribution is 7.73. The molecule has 0 aromatic rings. The molecule has 0 aromatic heterocycles. The summed E-state index contributed by atoms with van der Waals surface area (Å²) < 4.78 is 22.8. The smallest absolute Gasteiger partial charge is 0.284 e. The molecule has 0 spiro atoms. The predicted octanol–water partition coefficient (Wildman–Crippen LogP) is 0.492. The lowest BCUT2D eigenvalue weighted by atomic mass is 10.8. The molecule has 0 radical (unpaired) electrons. The molecule has 0 aliphatic carbocycles. The highest BCUT2D eigenvalue weighted by Gasteiger charge is 1.62. The molecule has 0 rings (SSSR count). The van der Waals surface area contributed by atoms with Crippen molar-refractivity contribution in [2.24, 2.45) is 0 Å². The van der Waals surface area contributed by atoms with Crippen LogP contribution in [0.1, 0.15) is 6.92 Å². The Morgan fingerprint density at radius 3 is 1.88 bits per heavy atom. The zero-order valence-corrected chi connectivity index (χ0v) is 5.10. The molecule has 0 amide bonds. The molecular weight excluding hydrogens is 130 g/mol. The third-order valence-electron chi connectivity index (χ3n) is 0.144. The summed E-state index contributed by atoms with van der Waals surface area (Å²) in [4.78, 5) is 0. The summed E-state index contributed by atoms with van der Waals surface area (Å²) in [5, 5.41) is 6.15. The molecule has 0 aromatic carbocycles. The van der Waals surface area contributed by atoms with Gasteiger partial charge in [0, 0.05) is 0 Å². The summed E-state index contributed by atoms with van der Waals surface area (Å²) in [5.74, 6) is 2.06. The molecule has 0 heterocycles. The van der Waals surface area contributed by atoms with Gasteiger partial charge in [0.25, 0.3) is 11.4 Å². The lowest BCUT2D eigenvalue weighted by molar-refractivity contribution is 0.454. The van der Waals surface area contributed by atoms with Gasteiger partial charge in [-0.3, -0.25) is 14.5 Å². The Bertz CT molecular complexity index is 103. The van der Waals surface area contributed by atoms with Crippen molar-refractivity contribution in [3.8, 4) is 0 Å². The van der Waals surface area contributed by atoms with E-state index in [1.54, 1.807) is 13.0 Å². The first-order chi connectivity index (χ1) is 3.65. The SMILES string of the molecule is CC=C=N.O=S(O)O. The van der Waals surface area contributed by atoms with Crippen molar-refractivity contribution in [2.75, 3.05) is 0 Å². The van der Waals surface area contributed by atoms with Crippen molar-refractivity contribution >= 4 is 17.2 Å². The minimum Gasteiger partial charge on any atom is -0.284 e. The van der Waals surface area contributed by atoms with E-state index in [0.29, 0.717) is 0 Å². The van der Waals surface area contributed by atoms with Crippen molar-refractivity contribution < 1.29 is 13.3 Å². The van der Waals surface area contributed by atoms with Crippen LogP contribution in [0.15, 0.2) is 6.08 Å². The average molecular weight is 137 g/mol. The Labute approximate surface area is 49.9 Å². The maximum absolute atomic E-state index is 8.67. The summed E-state index contributed by atoms with van der Waals surface area (Å²) in [5.41, 5.74) is 0. The third-order valence-corrected chi connectivity index (χ3v) is 0.144. The molecule has 3 N–H and O–H groups in total. The number of hydrogen-bond donors (Lipinski definition) is 3. The van der Waals surface area contributed by atoms with Crippen molar-refractivity contribution in [2.45, 2.75) is 6.92 Å². The fourth-order valence-electron chi connectivity index (χ4n) is 0. The number of allylic oxidation sites excluding steroid dienone is 1. The first-order valence-electron chi connectivity index (χ1n) is 1.65. The van der Waals surface area contributed by atoms with Gasteiger partial charge in [0.2, 0.25) is 0 Å². The summed E-state index contributed by atoms with van der Waals surface area (Å²) in [6.45, 7) is 1.76. The van der Waals surface area contributed by atoms with E-state index in [0.717, 1.165) is 0 Å². The topological polar surface area (TPSA) is 81.4 Å². The number of rotatable bonds is 0. The van der Waals surface area contributed by atoms with Crippen LogP contribution < -0.4 is 0 Å². The predicted molar refractivity (Wildman–Crippen MR) is 31.4 cm³/mol. The number of nitrogens with one attached hydrogen (secondary N) is 1. The molecule has 0 bridgehead atoms. The van der Waals surface area contributed by atoms with E-state index in [-0.39, 0.29) is 0 Å². The van der Waals surface area contributed by atoms with E-state index in [2.05, 4.69) is 5.87 Å². The summed E-state index contributed by atoms with van der Waals surface area (Å²) in [6.07, 6.45) is 1.54. The van der Waals surface area contributed by atoms with Crippen LogP contribution in [0.3, 0.4) is 0 Å². The van der Waals surface area contributed by atoms with E-state index in [1.807, 2.05) is 0 Å². The Morgan fingerprint density at radius 2 is 1.88 bits per heavy atom. The molecule has 0 fully saturated rings. The van der Waals surface area contributed by atoms with E-state index in [1.165, 1.54) is 0 Å². The third kappa shape index (κ3) is 417. The number of hydrogen-bond acceptors (Lipinski definition) is 2. The second-order valence-corrected chi connectivity index (χ2v) is 1.13. The molecule has 5 heteroatoms. The van der Waals surface area contributed by atoms with Gasteiger partial charge < -0.3 is 0 Å². The monoisotopic (exact) mass is 137 g/mol. The van der Waals surface area contributed by atoms with Crippen LogP contribution in [0.2, 0.25) is 0 Å². The minimum atomic E-state index is -2.61. The van der Waals surface area contributed by atoms with E-state index < -0.39 is 11.4 Å². The molecule has 48 valence electrons. The van der Waals surface area contributed by atoms with Crippen molar-refractivity contribution in [3.05, 3.63) is 6.08 Å². The van der Waals surface area contributed by atoms with Gasteiger partial charge in [-0.25, -0.2) is 0 Å². The molecule has 4 nitrogen and oxygen atoms in total. The van der Waals surface area contributed by atoms with Crippen LogP contribution >= 0.6 is 0 Å². The highest BCUT2D eigenvalue weighted by Crippen LogP contribution is 1.44. The second kappa shape index (κ2) is 9.72. The Hall–Kier alpha value is -0.480. The molecular formula is C3H7NO3S. The van der Waals surface area contributed by atoms with E-state index in [4.69, 9.17) is 18.7 Å². The van der Waals surface area contributed by atoms with Crippen molar-refractivity contribution in [1.82, 2.24) is 0 Å². The van der Waals surface area contributed by atoms with Gasteiger partial charge in [0.05, 0.1) is 0 Å². The van der Waals surface area contributed by atoms with Gasteiger partial charge >= 0.3 is 0 Å². The largest absolute Gasteiger partial charge is 0.299 e. The van der Waals surface area contributed by atoms with E-state index >= 15 is 0 Å². The van der Waals surface area contributed by atoms with Crippen molar-refractivity contribution in [1.29, 1.82) is 5.41 Å². The average Bonchev–Trinajstić information content (AvgIpc) is 1.65. The van der Waals surface area contributed by atoms with Crippen LogP contribution in [0.25, 0.3) is 0 Å². The maximum Gasteiger partial charge on any atom is 0.299 e. The van der Waals surface area contributed by atoms with E-state index in [9.17, 15) is 0 Å². The summed E-state index contributed by atoms with van der Waals surface area (Å²) in [7, 11) is 0. The zero-order valence-electron chi connectivity index (χ0n) is 4.29. The first kappa shape index (κ1) is 10.5. The fraction of sp³-hybridized carbons (Fsp3) is 0.333. The van der Waals surface area contributed by atoms with Gasteiger partial charge in [-0.2, -0.15) is 4.21 Å². The highest BCUT2D eigenvalue weighted by atomic mass is 32.2. The quantitative estimate of drug-likeness (QED) is 0.335. The molecule has 0 unspecified atom stereocenters. The van der Waals surface area contributed by atoms with Gasteiger partial charge in [-0.15, -0.1) is 0 Å². The molecule has 0 aliphatic rings. The molecule has 0 atom stereocenters. The summed E-state index contributed by atoms with van der Waals surface area (Å²) in [6, 6.07) is 0. The van der Waals surface area contributed by atoms with Crippen LogP contribution in [0, 0.1) is 5.41 Å². The molecule has 0 aliphatic heterocycles. The second-order valence-electron chi connectivity index (χ2n) is 0.664. The molecule has 8 heavy (non-hydrogen) atoms. The normalized spacial score (nSPS) is 6.50. The van der Waals surface area contributed by atoms with Crippen molar-refractivity contribution in [3.63, 3.8) is 0 Å². The Balaban J connectivity index is 0. The lowest BCUT2D eigenvalue weighted by Gasteiger charge is -1.59. The molecule has 0 saturated carbocycles. The zero-order chi connectivity index (χ0) is 6.99. The standard InChI is InChI=1S/C3H5N.H2O3S/c1-2-3-4;1-4(2)3/h2,4H,1H3;(H2,1,2,3). The van der Waals surface area contributed by atoms with Gasteiger partial charge in [0.1, 0.15) is 0 Å². The van der Waals surface area contributed by atoms with Crippen LogP contribution in [-0.4, -0.2) is 19.2 Å². The van der Waals surface area contributed by atoms with Gasteiger partial charge in [-0.1, -0.05) is 0 Å².